The number of amides is 4. The van der Waals surface area contributed by atoms with E-state index in [-0.39, 0.29) is 6.54 Å². The fourth-order valence-electron chi connectivity index (χ4n) is 3.52. The Bertz CT molecular complexity index is 897. The zero-order valence-corrected chi connectivity index (χ0v) is 17.6. The number of nitrogens with zero attached hydrogens (tertiary/aromatic N) is 3. The van der Waals surface area contributed by atoms with Gasteiger partial charge in [-0.15, -0.1) is 10.2 Å². The Morgan fingerprint density at radius 2 is 1.86 bits per heavy atom. The zero-order valence-electron chi connectivity index (χ0n) is 16.8. The van der Waals surface area contributed by atoms with Crippen molar-refractivity contribution in [3.63, 3.8) is 0 Å². The lowest BCUT2D eigenvalue weighted by atomic mass is 9.87. The molecule has 2 aromatic rings. The molecule has 1 aliphatic heterocycles. The summed E-state index contributed by atoms with van der Waals surface area (Å²) in [6.45, 7) is 5.62. The van der Waals surface area contributed by atoms with E-state index in [1.807, 2.05) is 25.1 Å². The van der Waals surface area contributed by atoms with Crippen molar-refractivity contribution >= 4 is 34.3 Å². The number of imide groups is 1. The molecule has 1 saturated heterocycles. The van der Waals surface area contributed by atoms with Crippen LogP contribution in [-0.2, 0) is 15.1 Å². The smallest absolute Gasteiger partial charge is 0.319 e. The minimum absolute atomic E-state index is 0.306. The first kappa shape index (κ1) is 20.9. The summed E-state index contributed by atoms with van der Waals surface area (Å²) in [4.78, 5) is 39.0. The van der Waals surface area contributed by atoms with Gasteiger partial charge in [0.05, 0.1) is 0 Å². The first-order valence-corrected chi connectivity index (χ1v) is 10.6. The van der Waals surface area contributed by atoms with Crippen LogP contribution in [0.1, 0.15) is 56.5 Å². The highest BCUT2D eigenvalue weighted by Gasteiger charge is 2.51. The van der Waals surface area contributed by atoms with Gasteiger partial charge in [-0.1, -0.05) is 62.4 Å². The third kappa shape index (κ3) is 4.00. The normalized spacial score (nSPS) is 19.0. The Kier molecular flexibility index (Phi) is 6.26. The second-order valence-electron chi connectivity index (χ2n) is 6.95. The molecular weight excluding hydrogens is 390 g/mol. The summed E-state index contributed by atoms with van der Waals surface area (Å²) in [5, 5.41) is 14.8. The molecule has 8 nitrogen and oxygen atoms in total. The predicted molar refractivity (Wildman–Crippen MR) is 111 cm³/mol. The molecule has 0 saturated carbocycles. The molecule has 1 atom stereocenters. The van der Waals surface area contributed by atoms with Gasteiger partial charge in [-0.2, -0.15) is 0 Å². The van der Waals surface area contributed by atoms with Gasteiger partial charge >= 0.3 is 6.03 Å². The molecule has 2 N–H and O–H groups in total. The Labute approximate surface area is 173 Å². The number of anilines is 1. The van der Waals surface area contributed by atoms with Crippen LogP contribution in [0.4, 0.5) is 9.93 Å². The van der Waals surface area contributed by atoms with Gasteiger partial charge in [0.15, 0.2) is 0 Å². The molecule has 1 unspecified atom stereocenters. The largest absolute Gasteiger partial charge is 0.325 e. The van der Waals surface area contributed by atoms with Gasteiger partial charge in [0.25, 0.3) is 5.91 Å². The molecule has 0 radical (unpaired) electrons. The third-order valence-electron chi connectivity index (χ3n) is 5.30. The maximum Gasteiger partial charge on any atom is 0.325 e. The molecule has 3 rings (SSSR count). The molecule has 1 fully saturated rings. The molecule has 2 heterocycles. The molecule has 4 amide bonds. The molecule has 0 aliphatic carbocycles. The first-order valence-electron chi connectivity index (χ1n) is 9.78. The van der Waals surface area contributed by atoms with E-state index >= 15 is 0 Å². The molecular formula is C20H25N5O3S. The minimum atomic E-state index is -1.15. The predicted octanol–water partition coefficient (Wildman–Crippen LogP) is 3.24. The number of carbonyl (C=O) groups is 3. The zero-order chi connectivity index (χ0) is 21.0. The summed E-state index contributed by atoms with van der Waals surface area (Å²) in [6.07, 6.45) is 2.27. The van der Waals surface area contributed by atoms with Gasteiger partial charge in [0, 0.05) is 5.92 Å². The fraction of sp³-hybridized carbons (Fsp3) is 0.450. The minimum Gasteiger partial charge on any atom is -0.319 e. The lowest BCUT2D eigenvalue weighted by Crippen LogP contribution is -2.44. The summed E-state index contributed by atoms with van der Waals surface area (Å²) in [7, 11) is 0. The molecule has 9 heteroatoms. The fourth-order valence-corrected chi connectivity index (χ4v) is 4.55. The lowest BCUT2D eigenvalue weighted by molar-refractivity contribution is -0.134. The SMILES string of the molecule is CCC(CC)c1nnc(NC(=O)CN2C(=O)NC(CC)(c3ccccc3)C2=O)s1. The maximum atomic E-state index is 13.1. The molecule has 1 aromatic heterocycles. The van der Waals surface area contributed by atoms with E-state index in [1.54, 1.807) is 12.1 Å². The van der Waals surface area contributed by atoms with Crippen molar-refractivity contribution in [1.82, 2.24) is 20.4 Å². The van der Waals surface area contributed by atoms with Crippen molar-refractivity contribution in [2.24, 2.45) is 0 Å². The monoisotopic (exact) mass is 415 g/mol. The lowest BCUT2D eigenvalue weighted by Gasteiger charge is -2.25. The number of hydrogen-bond donors (Lipinski definition) is 2. The summed E-state index contributed by atoms with van der Waals surface area (Å²) in [5.74, 6) is -0.609. The highest BCUT2D eigenvalue weighted by Crippen LogP contribution is 2.32. The van der Waals surface area contributed by atoms with Crippen LogP contribution in [0.25, 0.3) is 0 Å². The number of benzene rings is 1. The van der Waals surface area contributed by atoms with Crippen molar-refractivity contribution in [1.29, 1.82) is 0 Å². The van der Waals surface area contributed by atoms with Crippen molar-refractivity contribution in [3.05, 3.63) is 40.9 Å². The number of urea groups is 1. The highest BCUT2D eigenvalue weighted by molar-refractivity contribution is 7.15. The number of hydrogen-bond acceptors (Lipinski definition) is 6. The molecule has 0 spiro atoms. The van der Waals surface area contributed by atoms with Gasteiger partial charge in [-0.25, -0.2) is 4.79 Å². The number of aromatic nitrogens is 2. The van der Waals surface area contributed by atoms with E-state index in [1.165, 1.54) is 11.3 Å². The molecule has 1 aromatic carbocycles. The number of nitrogens with one attached hydrogen (secondary N) is 2. The van der Waals surface area contributed by atoms with Crippen LogP contribution >= 0.6 is 11.3 Å². The van der Waals surface area contributed by atoms with Gasteiger partial charge in [0.2, 0.25) is 11.0 Å². The Hall–Kier alpha value is -2.81. The van der Waals surface area contributed by atoms with Crippen LogP contribution < -0.4 is 10.6 Å². The first-order chi connectivity index (χ1) is 13.9. The van der Waals surface area contributed by atoms with Crippen molar-refractivity contribution in [3.8, 4) is 0 Å². The van der Waals surface area contributed by atoms with Crippen LogP contribution in [0.3, 0.4) is 0 Å². The molecule has 154 valence electrons. The topological polar surface area (TPSA) is 104 Å². The number of carbonyl (C=O) groups excluding carboxylic acids is 3. The summed E-state index contributed by atoms with van der Waals surface area (Å²) in [6, 6.07) is 8.49. The van der Waals surface area contributed by atoms with Crippen LogP contribution in [0, 0.1) is 0 Å². The van der Waals surface area contributed by atoms with Crippen LogP contribution in [0.15, 0.2) is 30.3 Å². The van der Waals surface area contributed by atoms with E-state index in [0.29, 0.717) is 23.0 Å². The third-order valence-corrected chi connectivity index (χ3v) is 6.30. The second-order valence-corrected chi connectivity index (χ2v) is 7.96. The van der Waals surface area contributed by atoms with Crippen molar-refractivity contribution in [2.45, 2.75) is 51.5 Å². The quantitative estimate of drug-likeness (QED) is 0.644. The number of rotatable bonds is 8. The maximum absolute atomic E-state index is 13.1. The molecule has 29 heavy (non-hydrogen) atoms. The van der Waals surface area contributed by atoms with E-state index in [0.717, 1.165) is 22.7 Å². The van der Waals surface area contributed by atoms with Crippen LogP contribution in [0.5, 0.6) is 0 Å². The molecule has 0 bridgehead atoms. The van der Waals surface area contributed by atoms with E-state index in [4.69, 9.17) is 0 Å². The van der Waals surface area contributed by atoms with Gasteiger partial charge in [0.1, 0.15) is 17.1 Å². The summed E-state index contributed by atoms with van der Waals surface area (Å²) >= 11 is 1.32. The summed E-state index contributed by atoms with van der Waals surface area (Å²) < 4.78 is 0. The second kappa shape index (κ2) is 8.69. The Morgan fingerprint density at radius 3 is 2.48 bits per heavy atom. The van der Waals surface area contributed by atoms with E-state index < -0.39 is 23.4 Å². The standard InChI is InChI=1S/C20H25N5O3S/c1-4-13(5-2)16-23-24-18(29-16)21-15(26)12-25-17(27)20(6-3,22-19(25)28)14-10-8-7-9-11-14/h7-11,13H,4-6,12H2,1-3H3,(H,22,28)(H,21,24,26). The van der Waals surface area contributed by atoms with Crippen molar-refractivity contribution in [2.75, 3.05) is 11.9 Å². The van der Waals surface area contributed by atoms with Gasteiger partial charge in [-0.3, -0.25) is 19.8 Å². The van der Waals surface area contributed by atoms with Crippen molar-refractivity contribution < 1.29 is 14.4 Å². The van der Waals surface area contributed by atoms with E-state index in [2.05, 4.69) is 34.7 Å². The van der Waals surface area contributed by atoms with Gasteiger partial charge in [-0.05, 0) is 24.8 Å². The summed E-state index contributed by atoms with van der Waals surface area (Å²) in [5.41, 5.74) is -0.452. The average Bonchev–Trinajstić information content (AvgIpc) is 3.28. The van der Waals surface area contributed by atoms with E-state index in [9.17, 15) is 14.4 Å². The average molecular weight is 416 g/mol. The Balaban J connectivity index is 1.71. The van der Waals surface area contributed by atoms with Crippen LogP contribution in [0.2, 0.25) is 0 Å². The van der Waals surface area contributed by atoms with Crippen LogP contribution in [-0.4, -0.2) is 39.5 Å². The Morgan fingerprint density at radius 1 is 1.17 bits per heavy atom. The van der Waals surface area contributed by atoms with Gasteiger partial charge < -0.3 is 5.32 Å². The molecule has 1 aliphatic rings. The highest BCUT2D eigenvalue weighted by atomic mass is 32.1.